The van der Waals surface area contributed by atoms with Crippen molar-refractivity contribution < 1.29 is 22.4 Å². The van der Waals surface area contributed by atoms with E-state index in [1.54, 1.807) is 0 Å². The van der Waals surface area contributed by atoms with Crippen molar-refractivity contribution in [3.8, 4) is 0 Å². The fraction of sp³-hybridized carbons (Fsp3) is 0.583. The number of esters is 1. The van der Waals surface area contributed by atoms with Gasteiger partial charge in [0.25, 0.3) is 10.0 Å². The molecule has 2 rings (SSSR count). The zero-order valence-electron chi connectivity index (χ0n) is 11.9. The zero-order chi connectivity index (χ0) is 14.9. The van der Waals surface area contributed by atoms with Crippen LogP contribution < -0.4 is 5.73 Å². The Kier molecular flexibility index (Phi) is 5.80. The average Bonchev–Trinajstić information content (AvgIpc) is 2.81. The number of rotatable bonds is 3. The van der Waals surface area contributed by atoms with Crippen LogP contribution in [0.3, 0.4) is 0 Å². The number of carbonyl (C=O) groups is 1. The summed E-state index contributed by atoms with van der Waals surface area (Å²) in [5.41, 5.74) is 5.88. The molecule has 0 aromatic carbocycles. The first-order valence-electron chi connectivity index (χ1n) is 6.30. The minimum Gasteiger partial charge on any atom is -0.465 e. The number of hydrogen-bond acceptors (Lipinski definition) is 6. The Morgan fingerprint density at radius 2 is 2.00 bits per heavy atom. The van der Waals surface area contributed by atoms with E-state index in [1.165, 1.54) is 24.4 Å². The molecule has 7 nitrogen and oxygen atoms in total. The number of nitrogens with two attached hydrogens (primary N) is 1. The summed E-state index contributed by atoms with van der Waals surface area (Å²) >= 11 is 0. The molecule has 0 unspecified atom stereocenters. The molecule has 9 heteroatoms. The van der Waals surface area contributed by atoms with E-state index in [0.717, 1.165) is 0 Å². The monoisotopic (exact) mass is 338 g/mol. The number of furan rings is 1. The van der Waals surface area contributed by atoms with Crippen molar-refractivity contribution in [1.82, 2.24) is 4.31 Å². The van der Waals surface area contributed by atoms with Gasteiger partial charge < -0.3 is 14.9 Å². The SMILES string of the molecule is COC(=O)c1cc(S(=O)(=O)N2CCC(N)CC2)oc1C.Cl. The standard InChI is InChI=1S/C12H18N2O5S.ClH/c1-8-10(12(15)18-2)7-11(19-8)20(16,17)14-5-3-9(13)4-6-14;/h7,9H,3-6,13H2,1-2H3;1H. The first-order valence-corrected chi connectivity index (χ1v) is 7.74. The molecule has 21 heavy (non-hydrogen) atoms. The Morgan fingerprint density at radius 3 is 2.52 bits per heavy atom. The van der Waals surface area contributed by atoms with E-state index in [2.05, 4.69) is 4.74 Å². The molecule has 1 fully saturated rings. The molecule has 120 valence electrons. The van der Waals surface area contributed by atoms with E-state index in [4.69, 9.17) is 10.2 Å². The highest BCUT2D eigenvalue weighted by atomic mass is 35.5. The Bertz CT molecular complexity index is 605. The molecule has 1 aromatic heterocycles. The fourth-order valence-electron chi connectivity index (χ4n) is 2.14. The molecule has 0 saturated carbocycles. The number of carbonyl (C=O) groups excluding carboxylic acids is 1. The molecule has 0 bridgehead atoms. The maximum Gasteiger partial charge on any atom is 0.341 e. The zero-order valence-corrected chi connectivity index (χ0v) is 13.5. The lowest BCUT2D eigenvalue weighted by atomic mass is 10.1. The first kappa shape index (κ1) is 18.0. The van der Waals surface area contributed by atoms with Gasteiger partial charge in [-0.05, 0) is 19.8 Å². The summed E-state index contributed by atoms with van der Waals surface area (Å²) in [6.07, 6.45) is 1.23. The average molecular weight is 339 g/mol. The molecule has 1 aliphatic heterocycles. The fourth-order valence-corrected chi connectivity index (χ4v) is 3.58. The van der Waals surface area contributed by atoms with E-state index in [9.17, 15) is 13.2 Å². The third-order valence-corrected chi connectivity index (χ3v) is 5.15. The highest BCUT2D eigenvalue weighted by molar-refractivity contribution is 7.89. The molecule has 0 spiro atoms. The van der Waals surface area contributed by atoms with Gasteiger partial charge in [0.1, 0.15) is 11.3 Å². The predicted octanol–water partition coefficient (Wildman–Crippen LogP) is 0.908. The van der Waals surface area contributed by atoms with Crippen LogP contribution in [-0.4, -0.2) is 44.9 Å². The quantitative estimate of drug-likeness (QED) is 0.822. The van der Waals surface area contributed by atoms with Gasteiger partial charge in [0.2, 0.25) is 5.09 Å². The lowest BCUT2D eigenvalue weighted by Crippen LogP contribution is -2.42. The predicted molar refractivity (Wildman–Crippen MR) is 78.0 cm³/mol. The van der Waals surface area contributed by atoms with Crippen LogP contribution in [0.15, 0.2) is 15.6 Å². The number of halogens is 1. The molecule has 1 aromatic rings. The molecule has 2 heterocycles. The summed E-state index contributed by atoms with van der Waals surface area (Å²) in [5, 5.41) is -0.231. The Balaban J connectivity index is 0.00000220. The van der Waals surface area contributed by atoms with Crippen LogP contribution in [0.5, 0.6) is 0 Å². The highest BCUT2D eigenvalue weighted by Gasteiger charge is 2.32. The summed E-state index contributed by atoms with van der Waals surface area (Å²) in [6.45, 7) is 2.24. The van der Waals surface area contributed by atoms with Gasteiger partial charge in [0, 0.05) is 25.2 Å². The molecule has 2 N–H and O–H groups in total. The number of methoxy groups -OCH3 is 1. The molecule has 1 saturated heterocycles. The minimum absolute atomic E-state index is 0. The van der Waals surface area contributed by atoms with Crippen molar-refractivity contribution in [2.24, 2.45) is 5.73 Å². The van der Waals surface area contributed by atoms with Gasteiger partial charge in [0.05, 0.1) is 7.11 Å². The van der Waals surface area contributed by atoms with Crippen LogP contribution in [-0.2, 0) is 14.8 Å². The van der Waals surface area contributed by atoms with Crippen molar-refractivity contribution in [2.45, 2.75) is 30.9 Å². The minimum atomic E-state index is -3.73. The van der Waals surface area contributed by atoms with Gasteiger partial charge in [-0.1, -0.05) is 0 Å². The van der Waals surface area contributed by atoms with E-state index in [-0.39, 0.29) is 34.9 Å². The normalized spacial score (nSPS) is 17.3. The van der Waals surface area contributed by atoms with E-state index in [1.807, 2.05) is 0 Å². The lowest BCUT2D eigenvalue weighted by Gasteiger charge is -2.28. The highest BCUT2D eigenvalue weighted by Crippen LogP contribution is 2.25. The van der Waals surface area contributed by atoms with Gasteiger partial charge in [-0.25, -0.2) is 13.2 Å². The van der Waals surface area contributed by atoms with Gasteiger partial charge in [-0.2, -0.15) is 4.31 Å². The molecule has 0 atom stereocenters. The smallest absolute Gasteiger partial charge is 0.341 e. The molecular weight excluding hydrogens is 320 g/mol. The number of ether oxygens (including phenoxy) is 1. The number of piperidine rings is 1. The third-order valence-electron chi connectivity index (χ3n) is 3.39. The molecular formula is C12H19ClN2O5S. The van der Waals surface area contributed by atoms with Gasteiger partial charge in [-0.15, -0.1) is 12.4 Å². The van der Waals surface area contributed by atoms with Crippen molar-refractivity contribution in [2.75, 3.05) is 20.2 Å². The Hall–Kier alpha value is -1.09. The molecule has 0 amide bonds. The summed E-state index contributed by atoms with van der Waals surface area (Å²) < 4.78 is 35.9. The topological polar surface area (TPSA) is 103 Å². The number of aryl methyl sites for hydroxylation is 1. The van der Waals surface area contributed by atoms with Crippen molar-refractivity contribution in [3.05, 3.63) is 17.4 Å². The second-order valence-electron chi connectivity index (χ2n) is 4.77. The van der Waals surface area contributed by atoms with E-state index < -0.39 is 16.0 Å². The second kappa shape index (κ2) is 6.78. The molecule has 0 radical (unpaired) electrons. The number of hydrogen-bond donors (Lipinski definition) is 1. The Labute approximate surface area is 129 Å². The Morgan fingerprint density at radius 1 is 1.43 bits per heavy atom. The summed E-state index contributed by atoms with van der Waals surface area (Å²) in [5.74, 6) is -0.391. The van der Waals surface area contributed by atoms with Crippen LogP contribution in [0.25, 0.3) is 0 Å². The van der Waals surface area contributed by atoms with E-state index >= 15 is 0 Å². The maximum absolute atomic E-state index is 12.4. The van der Waals surface area contributed by atoms with Crippen LogP contribution in [0.2, 0.25) is 0 Å². The van der Waals surface area contributed by atoms with Gasteiger partial charge in [-0.3, -0.25) is 0 Å². The van der Waals surface area contributed by atoms with Crippen molar-refractivity contribution in [3.63, 3.8) is 0 Å². The first-order chi connectivity index (χ1) is 9.36. The van der Waals surface area contributed by atoms with Crippen LogP contribution in [0.1, 0.15) is 29.0 Å². The van der Waals surface area contributed by atoms with Crippen LogP contribution >= 0.6 is 12.4 Å². The summed E-state index contributed by atoms with van der Waals surface area (Å²) in [7, 11) is -2.49. The van der Waals surface area contributed by atoms with Crippen LogP contribution in [0.4, 0.5) is 0 Å². The molecule has 1 aliphatic rings. The van der Waals surface area contributed by atoms with Crippen molar-refractivity contribution >= 4 is 28.4 Å². The second-order valence-corrected chi connectivity index (χ2v) is 6.64. The summed E-state index contributed by atoms with van der Waals surface area (Å²) in [6, 6.07) is 1.25. The molecule has 0 aliphatic carbocycles. The van der Waals surface area contributed by atoms with Crippen LogP contribution in [0, 0.1) is 6.92 Å². The van der Waals surface area contributed by atoms with Gasteiger partial charge in [0.15, 0.2) is 0 Å². The summed E-state index contributed by atoms with van der Waals surface area (Å²) in [4.78, 5) is 11.5. The van der Waals surface area contributed by atoms with Crippen molar-refractivity contribution in [1.29, 1.82) is 0 Å². The maximum atomic E-state index is 12.4. The third kappa shape index (κ3) is 3.57. The number of sulfonamides is 1. The number of nitrogens with zero attached hydrogens (tertiary/aromatic N) is 1. The van der Waals surface area contributed by atoms with Gasteiger partial charge >= 0.3 is 5.97 Å². The lowest BCUT2D eigenvalue weighted by molar-refractivity contribution is 0.0599. The largest absolute Gasteiger partial charge is 0.465 e. The van der Waals surface area contributed by atoms with E-state index in [0.29, 0.717) is 25.9 Å².